The highest BCUT2D eigenvalue weighted by atomic mass is 35.5. The van der Waals surface area contributed by atoms with Crippen LogP contribution < -0.4 is 5.32 Å². The number of hydrogen-bond acceptors (Lipinski definition) is 2. The van der Waals surface area contributed by atoms with Crippen molar-refractivity contribution in [3.05, 3.63) is 83.1 Å². The van der Waals surface area contributed by atoms with Gasteiger partial charge in [-0.3, -0.25) is 9.78 Å². The molecule has 0 saturated carbocycles. The number of hydrogen-bond donors (Lipinski definition) is 1. The zero-order valence-electron chi connectivity index (χ0n) is 12.7. The normalized spacial score (nSPS) is 10.0. The number of terminal acetylenes is 1. The first-order valence-electron chi connectivity index (χ1n) is 7.26. The summed E-state index contributed by atoms with van der Waals surface area (Å²) in [4.78, 5) is 16.5. The number of benzene rings is 2. The molecule has 1 aromatic heterocycles. The molecule has 0 spiro atoms. The number of pyridine rings is 1. The van der Waals surface area contributed by atoms with E-state index < -0.39 is 0 Å². The lowest BCUT2D eigenvalue weighted by molar-refractivity contribution is 0.102. The van der Waals surface area contributed by atoms with Crippen molar-refractivity contribution >= 4 is 23.2 Å². The number of nitrogens with zero attached hydrogens (tertiary/aromatic N) is 1. The number of aromatic nitrogens is 1. The minimum atomic E-state index is -0.293. The minimum Gasteiger partial charge on any atom is -0.320 e. The van der Waals surface area contributed by atoms with Crippen LogP contribution in [0.3, 0.4) is 0 Å². The Kier molecular flexibility index (Phi) is 4.60. The van der Waals surface area contributed by atoms with E-state index in [0.717, 1.165) is 11.1 Å². The van der Waals surface area contributed by atoms with Crippen molar-refractivity contribution in [3.63, 3.8) is 0 Å². The van der Waals surface area contributed by atoms with Crippen LogP contribution in [-0.4, -0.2) is 10.9 Å². The summed E-state index contributed by atoms with van der Waals surface area (Å²) in [6, 6.07) is 16.6. The molecule has 0 aliphatic heterocycles. The number of carbonyl (C=O) groups is 1. The zero-order valence-corrected chi connectivity index (χ0v) is 13.4. The van der Waals surface area contributed by atoms with Crippen LogP contribution in [0.1, 0.15) is 15.9 Å². The zero-order chi connectivity index (χ0) is 16.9. The second kappa shape index (κ2) is 6.99. The van der Waals surface area contributed by atoms with Crippen LogP contribution in [-0.2, 0) is 0 Å². The van der Waals surface area contributed by atoms with E-state index in [1.807, 2.05) is 36.4 Å². The van der Waals surface area contributed by atoms with Crippen molar-refractivity contribution in [3.8, 4) is 23.5 Å². The van der Waals surface area contributed by atoms with Gasteiger partial charge < -0.3 is 5.32 Å². The number of halogens is 1. The van der Waals surface area contributed by atoms with Gasteiger partial charge in [0.2, 0.25) is 0 Å². The first-order chi connectivity index (χ1) is 11.7. The van der Waals surface area contributed by atoms with Crippen LogP contribution in [0.5, 0.6) is 0 Å². The fourth-order valence-electron chi connectivity index (χ4n) is 2.39. The van der Waals surface area contributed by atoms with Gasteiger partial charge in [0, 0.05) is 18.0 Å². The van der Waals surface area contributed by atoms with E-state index in [1.165, 1.54) is 6.20 Å². The highest BCUT2D eigenvalue weighted by molar-refractivity contribution is 6.32. The molecule has 3 aromatic rings. The summed E-state index contributed by atoms with van der Waals surface area (Å²) in [7, 11) is 0. The van der Waals surface area contributed by atoms with E-state index in [0.29, 0.717) is 21.8 Å². The summed E-state index contributed by atoms with van der Waals surface area (Å²) in [5.41, 5.74) is 3.16. The lowest BCUT2D eigenvalue weighted by atomic mass is 9.99. The first kappa shape index (κ1) is 15.8. The smallest absolute Gasteiger partial charge is 0.257 e. The molecule has 1 N–H and O–H groups in total. The molecule has 1 amide bonds. The van der Waals surface area contributed by atoms with Gasteiger partial charge in [-0.1, -0.05) is 53.9 Å². The van der Waals surface area contributed by atoms with Gasteiger partial charge in [0.05, 0.1) is 21.8 Å². The molecule has 0 radical (unpaired) electrons. The Morgan fingerprint density at radius 3 is 2.54 bits per heavy atom. The number of anilines is 1. The standard InChI is InChI=1S/C20H13ClN2O/c1-2-16-18(21)11-10-17(14-7-4-3-5-8-14)19(16)23-20(24)15-9-6-12-22-13-15/h1,3-13H,(H,23,24). The van der Waals surface area contributed by atoms with Gasteiger partial charge in [0.25, 0.3) is 5.91 Å². The van der Waals surface area contributed by atoms with Crippen LogP contribution in [0.4, 0.5) is 5.69 Å². The number of carbonyl (C=O) groups excluding carboxylic acids is 1. The number of amides is 1. The molecule has 24 heavy (non-hydrogen) atoms. The average molecular weight is 333 g/mol. The van der Waals surface area contributed by atoms with Gasteiger partial charge in [-0.05, 0) is 23.8 Å². The summed E-state index contributed by atoms with van der Waals surface area (Å²) < 4.78 is 0. The van der Waals surface area contributed by atoms with Crippen molar-refractivity contribution in [2.24, 2.45) is 0 Å². The van der Waals surface area contributed by atoms with Crippen molar-refractivity contribution in [1.82, 2.24) is 4.98 Å². The Bertz CT molecular complexity index is 916. The molecule has 3 rings (SSSR count). The highest BCUT2D eigenvalue weighted by Gasteiger charge is 2.16. The predicted molar refractivity (Wildman–Crippen MR) is 97.0 cm³/mol. The Labute approximate surface area is 145 Å². The fraction of sp³-hybridized carbons (Fsp3) is 0. The minimum absolute atomic E-state index is 0.293. The van der Waals surface area contributed by atoms with E-state index in [1.54, 1.807) is 24.4 Å². The van der Waals surface area contributed by atoms with Crippen molar-refractivity contribution < 1.29 is 4.79 Å². The Morgan fingerprint density at radius 2 is 1.88 bits per heavy atom. The fourth-order valence-corrected chi connectivity index (χ4v) is 2.60. The highest BCUT2D eigenvalue weighted by Crippen LogP contribution is 2.35. The molecule has 0 saturated heterocycles. The lowest BCUT2D eigenvalue weighted by Crippen LogP contribution is -2.14. The van der Waals surface area contributed by atoms with E-state index >= 15 is 0 Å². The maximum Gasteiger partial charge on any atom is 0.257 e. The third-order valence-electron chi connectivity index (χ3n) is 3.55. The summed E-state index contributed by atoms with van der Waals surface area (Å²) in [6.45, 7) is 0. The molecule has 0 bridgehead atoms. The monoisotopic (exact) mass is 332 g/mol. The number of nitrogens with one attached hydrogen (secondary N) is 1. The molecule has 0 aliphatic carbocycles. The van der Waals surface area contributed by atoms with E-state index in [2.05, 4.69) is 16.2 Å². The van der Waals surface area contributed by atoms with Crippen LogP contribution in [0, 0.1) is 12.3 Å². The molecule has 4 heteroatoms. The average Bonchev–Trinajstić information content (AvgIpc) is 2.63. The molecule has 0 unspecified atom stereocenters. The summed E-state index contributed by atoms with van der Waals surface area (Å²) in [5, 5.41) is 3.30. The largest absolute Gasteiger partial charge is 0.320 e. The quantitative estimate of drug-likeness (QED) is 0.710. The molecule has 0 atom stereocenters. The van der Waals surface area contributed by atoms with Gasteiger partial charge in [-0.2, -0.15) is 0 Å². The maximum atomic E-state index is 12.5. The number of rotatable bonds is 3. The predicted octanol–water partition coefficient (Wildman–Crippen LogP) is 4.64. The van der Waals surface area contributed by atoms with Crippen molar-refractivity contribution in [2.75, 3.05) is 5.32 Å². The summed E-state index contributed by atoms with van der Waals surface area (Å²) in [5.74, 6) is 2.28. The summed E-state index contributed by atoms with van der Waals surface area (Å²) in [6.07, 6.45) is 8.72. The third kappa shape index (κ3) is 3.15. The van der Waals surface area contributed by atoms with Crippen molar-refractivity contribution in [2.45, 2.75) is 0 Å². The second-order valence-corrected chi connectivity index (χ2v) is 5.46. The van der Waals surface area contributed by atoms with Gasteiger partial charge in [-0.15, -0.1) is 6.42 Å². The third-order valence-corrected chi connectivity index (χ3v) is 3.86. The molecule has 2 aromatic carbocycles. The molecule has 116 valence electrons. The molecular formula is C20H13ClN2O. The van der Waals surface area contributed by atoms with E-state index in [4.69, 9.17) is 18.0 Å². The molecule has 3 nitrogen and oxygen atoms in total. The van der Waals surface area contributed by atoms with Gasteiger partial charge >= 0.3 is 0 Å². The lowest BCUT2D eigenvalue weighted by Gasteiger charge is -2.15. The second-order valence-electron chi connectivity index (χ2n) is 5.05. The SMILES string of the molecule is C#Cc1c(Cl)ccc(-c2ccccc2)c1NC(=O)c1cccnc1. The Balaban J connectivity index is 2.10. The van der Waals surface area contributed by atoms with Gasteiger partial charge in [0.15, 0.2) is 0 Å². The molecular weight excluding hydrogens is 320 g/mol. The van der Waals surface area contributed by atoms with Crippen molar-refractivity contribution in [1.29, 1.82) is 0 Å². The Hall–Kier alpha value is -3.09. The topological polar surface area (TPSA) is 42.0 Å². The molecule has 0 fully saturated rings. The van der Waals surface area contributed by atoms with E-state index in [9.17, 15) is 4.79 Å². The molecule has 0 aliphatic rings. The Morgan fingerprint density at radius 1 is 1.08 bits per heavy atom. The van der Waals surface area contributed by atoms with Gasteiger partial charge in [-0.25, -0.2) is 0 Å². The van der Waals surface area contributed by atoms with E-state index in [-0.39, 0.29) is 5.91 Å². The maximum absolute atomic E-state index is 12.5. The van der Waals surface area contributed by atoms with Gasteiger partial charge in [0.1, 0.15) is 0 Å². The summed E-state index contributed by atoms with van der Waals surface area (Å²) >= 11 is 6.21. The van der Waals surface area contributed by atoms with Crippen LogP contribution >= 0.6 is 11.6 Å². The van der Waals surface area contributed by atoms with Crippen LogP contribution in [0.15, 0.2) is 67.0 Å². The van der Waals surface area contributed by atoms with Crippen LogP contribution in [0.25, 0.3) is 11.1 Å². The van der Waals surface area contributed by atoms with Crippen LogP contribution in [0.2, 0.25) is 5.02 Å². The first-order valence-corrected chi connectivity index (χ1v) is 7.64. The molecule has 1 heterocycles.